The molecule has 3 rings (SSSR count). The van der Waals surface area contributed by atoms with Crippen LogP contribution in [0, 0.1) is 28.8 Å². The number of nitrogens with one attached hydrogen (secondary N) is 1. The Kier molecular flexibility index (Phi) is 5.40. The highest BCUT2D eigenvalue weighted by Crippen LogP contribution is 2.58. The minimum absolute atomic E-state index is 0.0600. The maximum absolute atomic E-state index is 14.2. The molecule has 0 bridgehead atoms. The minimum Gasteiger partial charge on any atom is -0.396 e. The summed E-state index contributed by atoms with van der Waals surface area (Å²) in [6.07, 6.45) is 1.00. The standard InChI is InChI=1S/C19H20F5NO3/c1-18(2)12(9-25-28-10-5-3-4-6-10)14(18)17(26)27-19(23,24)11-7-8-13(20)16(22)15(11)21/h7-10,14,25H,3-6H2,1-2H3. The van der Waals surface area contributed by atoms with Crippen molar-refractivity contribution in [2.45, 2.75) is 51.7 Å². The predicted molar refractivity (Wildman–Crippen MR) is 88.1 cm³/mol. The highest BCUT2D eigenvalue weighted by molar-refractivity contribution is 5.84. The molecular weight excluding hydrogens is 385 g/mol. The Morgan fingerprint density at radius 2 is 1.82 bits per heavy atom. The van der Waals surface area contributed by atoms with E-state index in [2.05, 4.69) is 10.2 Å². The molecule has 0 saturated heterocycles. The summed E-state index contributed by atoms with van der Waals surface area (Å²) in [5.74, 6) is -8.08. The van der Waals surface area contributed by atoms with Crippen molar-refractivity contribution in [3.8, 4) is 0 Å². The smallest absolute Gasteiger partial charge is 0.396 e. The summed E-state index contributed by atoms with van der Waals surface area (Å²) in [5.41, 5.74) is 0.814. The van der Waals surface area contributed by atoms with Gasteiger partial charge in [-0.2, -0.15) is 8.78 Å². The van der Waals surface area contributed by atoms with Crippen LogP contribution in [0.15, 0.2) is 23.9 Å². The molecule has 0 amide bonds. The number of benzene rings is 1. The van der Waals surface area contributed by atoms with Gasteiger partial charge in [-0.25, -0.2) is 13.2 Å². The van der Waals surface area contributed by atoms with Crippen LogP contribution < -0.4 is 5.48 Å². The summed E-state index contributed by atoms with van der Waals surface area (Å²) in [4.78, 5) is 17.6. The number of hydrogen-bond donors (Lipinski definition) is 1. The molecule has 1 N–H and O–H groups in total. The lowest BCUT2D eigenvalue weighted by Crippen LogP contribution is -2.26. The van der Waals surface area contributed by atoms with Gasteiger partial charge in [0.1, 0.15) is 5.56 Å². The van der Waals surface area contributed by atoms with Gasteiger partial charge in [0, 0.05) is 11.6 Å². The Hall–Kier alpha value is -2.16. The van der Waals surface area contributed by atoms with E-state index in [1.807, 2.05) is 0 Å². The number of ether oxygens (including phenoxy) is 1. The van der Waals surface area contributed by atoms with Gasteiger partial charge in [-0.05, 0) is 30.5 Å². The quantitative estimate of drug-likeness (QED) is 0.323. The second-order valence-electron chi connectivity index (χ2n) is 7.56. The Morgan fingerprint density at radius 3 is 2.46 bits per heavy atom. The van der Waals surface area contributed by atoms with Gasteiger partial charge in [-0.15, -0.1) is 0 Å². The van der Waals surface area contributed by atoms with E-state index in [-0.39, 0.29) is 6.10 Å². The minimum atomic E-state index is -4.45. The molecule has 0 aliphatic heterocycles. The van der Waals surface area contributed by atoms with E-state index >= 15 is 0 Å². The topological polar surface area (TPSA) is 47.6 Å². The van der Waals surface area contributed by atoms with Crippen molar-refractivity contribution in [1.82, 2.24) is 5.48 Å². The van der Waals surface area contributed by atoms with Crippen LogP contribution in [0.25, 0.3) is 0 Å². The van der Waals surface area contributed by atoms with Crippen molar-refractivity contribution < 1.29 is 36.3 Å². The molecule has 2 fully saturated rings. The first kappa shape index (κ1) is 20.6. The van der Waals surface area contributed by atoms with Gasteiger partial charge >= 0.3 is 12.1 Å². The predicted octanol–water partition coefficient (Wildman–Crippen LogP) is 4.70. The van der Waals surface area contributed by atoms with Crippen LogP contribution in [-0.4, -0.2) is 12.1 Å². The Morgan fingerprint density at radius 1 is 1.18 bits per heavy atom. The lowest BCUT2D eigenvalue weighted by molar-refractivity contribution is -0.243. The van der Waals surface area contributed by atoms with Gasteiger partial charge in [0.25, 0.3) is 0 Å². The number of carbonyl (C=O) groups is 1. The Balaban J connectivity index is 1.67. The van der Waals surface area contributed by atoms with Crippen molar-refractivity contribution in [2.24, 2.45) is 11.3 Å². The molecule has 2 aliphatic carbocycles. The monoisotopic (exact) mass is 405 g/mol. The van der Waals surface area contributed by atoms with E-state index in [1.165, 1.54) is 6.20 Å². The van der Waals surface area contributed by atoms with Crippen LogP contribution in [0.1, 0.15) is 45.1 Å². The number of rotatable bonds is 6. The SMILES string of the molecule is CC1(C)C(=CNOC2CCCC2)C1C(=O)OC(F)(F)c1ccc(F)c(F)c1F. The number of hydrogen-bond acceptors (Lipinski definition) is 4. The average Bonchev–Trinajstić information content (AvgIpc) is 2.95. The Labute approximate surface area is 158 Å². The summed E-state index contributed by atoms with van der Waals surface area (Å²) < 4.78 is 72.3. The molecule has 1 atom stereocenters. The summed E-state index contributed by atoms with van der Waals surface area (Å²) in [5, 5.41) is 0. The van der Waals surface area contributed by atoms with Crippen molar-refractivity contribution in [3.05, 3.63) is 46.9 Å². The molecule has 1 aromatic carbocycles. The fraction of sp³-hybridized carbons (Fsp3) is 0.526. The lowest BCUT2D eigenvalue weighted by Gasteiger charge is -2.18. The van der Waals surface area contributed by atoms with Crippen molar-refractivity contribution in [3.63, 3.8) is 0 Å². The van der Waals surface area contributed by atoms with Crippen LogP contribution in [0.3, 0.4) is 0 Å². The number of esters is 1. The van der Waals surface area contributed by atoms with E-state index < -0.39 is 46.4 Å². The molecule has 4 nitrogen and oxygen atoms in total. The van der Waals surface area contributed by atoms with Gasteiger partial charge in [0.15, 0.2) is 17.5 Å². The van der Waals surface area contributed by atoms with Crippen molar-refractivity contribution in [1.29, 1.82) is 0 Å². The van der Waals surface area contributed by atoms with Crippen LogP contribution in [0.2, 0.25) is 0 Å². The molecule has 2 aliphatic rings. The first-order valence-electron chi connectivity index (χ1n) is 8.92. The molecule has 0 radical (unpaired) electrons. The highest BCUT2D eigenvalue weighted by Gasteiger charge is 2.60. The van der Waals surface area contributed by atoms with Gasteiger partial charge in [0.05, 0.1) is 12.0 Å². The molecule has 0 heterocycles. The molecule has 0 aromatic heterocycles. The summed E-state index contributed by atoms with van der Waals surface area (Å²) in [6.45, 7) is 3.30. The number of carbonyl (C=O) groups excluding carboxylic acids is 1. The van der Waals surface area contributed by atoms with Crippen LogP contribution in [-0.2, 0) is 20.5 Å². The van der Waals surface area contributed by atoms with E-state index in [9.17, 15) is 26.7 Å². The molecule has 0 spiro atoms. The zero-order valence-corrected chi connectivity index (χ0v) is 15.3. The normalized spacial score (nSPS) is 23.1. The zero-order chi connectivity index (χ0) is 20.7. The molecule has 2 saturated carbocycles. The van der Waals surface area contributed by atoms with Crippen LogP contribution >= 0.6 is 0 Å². The second kappa shape index (κ2) is 7.35. The van der Waals surface area contributed by atoms with E-state index in [1.54, 1.807) is 13.8 Å². The maximum Gasteiger partial charge on any atom is 0.431 e. The molecule has 28 heavy (non-hydrogen) atoms. The van der Waals surface area contributed by atoms with Gasteiger partial charge < -0.3 is 4.74 Å². The summed E-state index contributed by atoms with van der Waals surface area (Å²) >= 11 is 0. The first-order valence-corrected chi connectivity index (χ1v) is 8.92. The third kappa shape index (κ3) is 3.85. The van der Waals surface area contributed by atoms with E-state index in [0.29, 0.717) is 17.7 Å². The van der Waals surface area contributed by atoms with Crippen molar-refractivity contribution >= 4 is 5.97 Å². The Bertz CT molecular complexity index is 803. The van der Waals surface area contributed by atoms with Gasteiger partial charge in [-0.1, -0.05) is 26.7 Å². The van der Waals surface area contributed by atoms with Gasteiger partial charge in [0.2, 0.25) is 0 Å². The third-order valence-corrected chi connectivity index (χ3v) is 5.26. The van der Waals surface area contributed by atoms with Crippen LogP contribution in [0.5, 0.6) is 0 Å². The summed E-state index contributed by atoms with van der Waals surface area (Å²) in [7, 11) is 0. The van der Waals surface area contributed by atoms with Crippen LogP contribution in [0.4, 0.5) is 22.0 Å². The molecular formula is C19H20F5NO3. The third-order valence-electron chi connectivity index (χ3n) is 5.26. The number of hydroxylamine groups is 1. The maximum atomic E-state index is 14.2. The fourth-order valence-corrected chi connectivity index (χ4v) is 3.46. The average molecular weight is 405 g/mol. The number of alkyl halides is 2. The lowest BCUT2D eigenvalue weighted by atomic mass is 10.1. The summed E-state index contributed by atoms with van der Waals surface area (Å²) in [6, 6.07) is 0.680. The van der Waals surface area contributed by atoms with E-state index in [0.717, 1.165) is 25.7 Å². The number of halogens is 5. The van der Waals surface area contributed by atoms with E-state index in [4.69, 9.17) is 4.84 Å². The molecule has 1 aromatic rings. The molecule has 154 valence electrons. The zero-order valence-electron chi connectivity index (χ0n) is 15.3. The second-order valence-corrected chi connectivity index (χ2v) is 7.56. The molecule has 1 unspecified atom stereocenters. The molecule has 9 heteroatoms. The first-order chi connectivity index (χ1) is 13.1. The fourth-order valence-electron chi connectivity index (χ4n) is 3.46. The van der Waals surface area contributed by atoms with Crippen molar-refractivity contribution in [2.75, 3.05) is 0 Å². The highest BCUT2D eigenvalue weighted by atomic mass is 19.3. The largest absolute Gasteiger partial charge is 0.431 e. The van der Waals surface area contributed by atoms with Gasteiger partial charge in [-0.3, -0.25) is 15.1 Å².